The topological polar surface area (TPSA) is 12.5 Å². The minimum absolute atomic E-state index is 0.861. The molecule has 0 amide bonds. The largest absolute Gasteiger partial charge is 0.365 e. The quantitative estimate of drug-likeness (QED) is 0.565. The molecular weight excluding hydrogens is 114 g/mol. The first-order valence-electron chi connectivity index (χ1n) is 3.73. The monoisotopic (exact) mass is 129 g/mol. The number of hydrogen-bond acceptors (Lipinski definition) is 2. The minimum atomic E-state index is 0.861. The molecule has 0 N–H and O–H groups in total. The number of rotatable bonds is 3. The van der Waals surface area contributed by atoms with Gasteiger partial charge < -0.3 is 4.74 Å². The van der Waals surface area contributed by atoms with Gasteiger partial charge in [0.1, 0.15) is 0 Å². The Kier molecular flexibility index (Phi) is 3.01. The van der Waals surface area contributed by atoms with E-state index in [9.17, 15) is 0 Å². The summed E-state index contributed by atoms with van der Waals surface area (Å²) in [6, 6.07) is 0. The molecule has 0 saturated carbocycles. The van der Waals surface area contributed by atoms with Crippen LogP contribution in [0.25, 0.3) is 0 Å². The van der Waals surface area contributed by atoms with Crippen LogP contribution in [0.2, 0.25) is 0 Å². The van der Waals surface area contributed by atoms with E-state index in [1.54, 1.807) is 0 Å². The summed E-state index contributed by atoms with van der Waals surface area (Å²) < 4.78 is 5.18. The van der Waals surface area contributed by atoms with Crippen molar-refractivity contribution >= 4 is 0 Å². The molecule has 0 bridgehead atoms. The molecule has 1 fully saturated rings. The molecule has 54 valence electrons. The third kappa shape index (κ3) is 2.33. The second kappa shape index (κ2) is 3.85. The average molecular weight is 129 g/mol. The maximum absolute atomic E-state index is 5.18. The molecule has 1 aliphatic rings. The molecule has 0 aromatic carbocycles. The van der Waals surface area contributed by atoms with Crippen molar-refractivity contribution in [3.8, 4) is 0 Å². The highest BCUT2D eigenvalue weighted by Gasteiger charge is 2.09. The maximum atomic E-state index is 5.18. The van der Waals surface area contributed by atoms with Crippen LogP contribution < -0.4 is 0 Å². The van der Waals surface area contributed by atoms with Crippen molar-refractivity contribution in [3.63, 3.8) is 0 Å². The Morgan fingerprint density at radius 2 is 2.44 bits per heavy atom. The number of hydrogen-bond donors (Lipinski definition) is 0. The third-order valence-corrected chi connectivity index (χ3v) is 1.65. The Labute approximate surface area is 56.8 Å². The van der Waals surface area contributed by atoms with E-state index in [0.29, 0.717) is 0 Å². The van der Waals surface area contributed by atoms with Crippen LogP contribution in [0.15, 0.2) is 0 Å². The van der Waals surface area contributed by atoms with E-state index in [1.165, 1.54) is 19.4 Å². The van der Waals surface area contributed by atoms with Gasteiger partial charge in [-0.15, -0.1) is 0 Å². The molecule has 0 aromatic heterocycles. The molecule has 0 unspecified atom stereocenters. The van der Waals surface area contributed by atoms with Gasteiger partial charge in [0, 0.05) is 13.1 Å². The highest BCUT2D eigenvalue weighted by atomic mass is 16.5. The van der Waals surface area contributed by atoms with Crippen LogP contribution in [0, 0.1) is 0 Å². The Balaban J connectivity index is 1.98. The Morgan fingerprint density at radius 3 is 3.00 bits per heavy atom. The molecule has 1 aliphatic heterocycles. The zero-order valence-electron chi connectivity index (χ0n) is 6.10. The Morgan fingerprint density at radius 1 is 1.56 bits per heavy atom. The summed E-state index contributed by atoms with van der Waals surface area (Å²) in [4.78, 5) is 2.35. The molecule has 1 heterocycles. The van der Waals surface area contributed by atoms with Crippen LogP contribution in [0.1, 0.15) is 19.8 Å². The van der Waals surface area contributed by atoms with Crippen molar-refractivity contribution in [1.29, 1.82) is 0 Å². The fourth-order valence-corrected chi connectivity index (χ4v) is 1.01. The highest BCUT2D eigenvalue weighted by Crippen LogP contribution is 2.00. The summed E-state index contributed by atoms with van der Waals surface area (Å²) in [5, 5.41) is 0. The lowest BCUT2D eigenvalue weighted by Crippen LogP contribution is -2.20. The molecule has 1 rings (SSSR count). The van der Waals surface area contributed by atoms with Gasteiger partial charge in [-0.05, 0) is 6.42 Å². The van der Waals surface area contributed by atoms with Crippen molar-refractivity contribution < 1.29 is 4.74 Å². The smallest absolute Gasteiger partial charge is 0.0991 e. The molecular formula is C7H15NO. The summed E-state index contributed by atoms with van der Waals surface area (Å²) in [5.74, 6) is 0. The van der Waals surface area contributed by atoms with Gasteiger partial charge >= 0.3 is 0 Å². The summed E-state index contributed by atoms with van der Waals surface area (Å²) >= 11 is 0. The number of ether oxygens (including phenoxy) is 1. The van der Waals surface area contributed by atoms with Crippen LogP contribution >= 0.6 is 0 Å². The fraction of sp³-hybridized carbons (Fsp3) is 1.00. The second-order valence-corrected chi connectivity index (χ2v) is 2.51. The van der Waals surface area contributed by atoms with Gasteiger partial charge in [-0.3, -0.25) is 4.90 Å². The van der Waals surface area contributed by atoms with E-state index in [0.717, 1.165) is 19.9 Å². The van der Waals surface area contributed by atoms with Gasteiger partial charge in [-0.2, -0.15) is 0 Å². The van der Waals surface area contributed by atoms with E-state index in [-0.39, 0.29) is 0 Å². The summed E-state index contributed by atoms with van der Waals surface area (Å²) in [5.41, 5.74) is 0. The highest BCUT2D eigenvalue weighted by molar-refractivity contribution is 4.57. The third-order valence-electron chi connectivity index (χ3n) is 1.65. The van der Waals surface area contributed by atoms with Crippen LogP contribution in [-0.2, 0) is 4.74 Å². The van der Waals surface area contributed by atoms with Gasteiger partial charge in [0.25, 0.3) is 0 Å². The van der Waals surface area contributed by atoms with E-state index < -0.39 is 0 Å². The Hall–Kier alpha value is -0.0800. The van der Waals surface area contributed by atoms with Gasteiger partial charge in [0.15, 0.2) is 0 Å². The summed E-state index contributed by atoms with van der Waals surface area (Å²) in [6.07, 6.45) is 2.60. The first kappa shape index (κ1) is 7.03. The molecule has 1 saturated heterocycles. The standard InChI is InChI=1S/C7H15NO/c1-2-3-4-8-5-6-9-7-8/h2-7H2,1H3. The van der Waals surface area contributed by atoms with Crippen LogP contribution in [0.4, 0.5) is 0 Å². The van der Waals surface area contributed by atoms with Gasteiger partial charge in [0.2, 0.25) is 0 Å². The van der Waals surface area contributed by atoms with Crippen molar-refractivity contribution in [3.05, 3.63) is 0 Å². The van der Waals surface area contributed by atoms with Crippen molar-refractivity contribution in [1.82, 2.24) is 4.90 Å². The Bertz CT molecular complexity index is 69.3. The second-order valence-electron chi connectivity index (χ2n) is 2.51. The average Bonchev–Trinajstić information content (AvgIpc) is 2.34. The number of nitrogens with zero attached hydrogens (tertiary/aromatic N) is 1. The fourth-order valence-electron chi connectivity index (χ4n) is 1.01. The lowest BCUT2D eigenvalue weighted by Gasteiger charge is -2.10. The van der Waals surface area contributed by atoms with E-state index >= 15 is 0 Å². The first-order chi connectivity index (χ1) is 4.43. The van der Waals surface area contributed by atoms with Crippen LogP contribution in [0.3, 0.4) is 0 Å². The zero-order chi connectivity index (χ0) is 6.53. The summed E-state index contributed by atoms with van der Waals surface area (Å²) in [6.45, 7) is 6.37. The van der Waals surface area contributed by atoms with Gasteiger partial charge in [-0.1, -0.05) is 13.3 Å². The number of unbranched alkanes of at least 4 members (excludes halogenated alkanes) is 1. The molecule has 0 radical (unpaired) electrons. The van der Waals surface area contributed by atoms with Gasteiger partial charge in [-0.25, -0.2) is 0 Å². The zero-order valence-corrected chi connectivity index (χ0v) is 6.10. The SMILES string of the molecule is CCCCN1CCOC1. The minimum Gasteiger partial charge on any atom is -0.365 e. The molecule has 0 atom stereocenters. The van der Waals surface area contributed by atoms with E-state index in [1.807, 2.05) is 0 Å². The van der Waals surface area contributed by atoms with Crippen molar-refractivity contribution in [2.45, 2.75) is 19.8 Å². The van der Waals surface area contributed by atoms with Crippen LogP contribution in [0.5, 0.6) is 0 Å². The van der Waals surface area contributed by atoms with E-state index in [2.05, 4.69) is 11.8 Å². The van der Waals surface area contributed by atoms with Crippen LogP contribution in [-0.4, -0.2) is 31.3 Å². The van der Waals surface area contributed by atoms with Gasteiger partial charge in [0.05, 0.1) is 13.3 Å². The van der Waals surface area contributed by atoms with Crippen molar-refractivity contribution in [2.24, 2.45) is 0 Å². The molecule has 2 heteroatoms. The van der Waals surface area contributed by atoms with E-state index in [4.69, 9.17) is 4.74 Å². The lowest BCUT2D eigenvalue weighted by atomic mass is 10.3. The molecule has 0 aromatic rings. The molecule has 0 spiro atoms. The lowest BCUT2D eigenvalue weighted by molar-refractivity contribution is 0.140. The molecule has 9 heavy (non-hydrogen) atoms. The van der Waals surface area contributed by atoms with Crippen molar-refractivity contribution in [2.75, 3.05) is 26.4 Å². The normalized spacial score (nSPS) is 21.0. The molecule has 0 aliphatic carbocycles. The summed E-state index contributed by atoms with van der Waals surface area (Å²) in [7, 11) is 0. The molecule has 2 nitrogen and oxygen atoms in total. The predicted molar refractivity (Wildman–Crippen MR) is 37.3 cm³/mol. The predicted octanol–water partition coefficient (Wildman–Crippen LogP) is 1.08. The maximum Gasteiger partial charge on any atom is 0.0991 e. The first-order valence-corrected chi connectivity index (χ1v) is 3.73.